The van der Waals surface area contributed by atoms with Crippen LogP contribution in [0.4, 0.5) is 0 Å². The lowest BCUT2D eigenvalue weighted by Gasteiger charge is -2.28. The van der Waals surface area contributed by atoms with Gasteiger partial charge in [0.2, 0.25) is 5.82 Å². The van der Waals surface area contributed by atoms with Crippen LogP contribution in [0, 0.1) is 23.7 Å². The highest BCUT2D eigenvalue weighted by Gasteiger charge is 2.33. The number of benzene rings is 1. The number of rotatable bonds is 12. The molecule has 0 radical (unpaired) electrons. The van der Waals surface area contributed by atoms with Crippen LogP contribution in [0.5, 0.6) is 5.75 Å². The van der Waals surface area contributed by atoms with E-state index < -0.39 is 17.6 Å². The average Bonchev–Trinajstić information content (AvgIpc) is 3.93. The summed E-state index contributed by atoms with van der Waals surface area (Å²) in [5.74, 6) is 1.26. The summed E-state index contributed by atoms with van der Waals surface area (Å²) in [6.07, 6.45) is 13.7. The maximum atomic E-state index is 13.7. The Bertz CT molecular complexity index is 2030. The number of nitriles is 1. The number of carbonyl (C=O) groups excluding carboxylic acids is 3. The second kappa shape index (κ2) is 15.8. The van der Waals surface area contributed by atoms with Gasteiger partial charge in [-0.05, 0) is 49.8 Å². The van der Waals surface area contributed by atoms with E-state index >= 15 is 0 Å². The van der Waals surface area contributed by atoms with E-state index in [4.69, 9.17) is 11.2 Å². The zero-order valence-corrected chi connectivity index (χ0v) is 28.3. The molecule has 2 fully saturated rings. The molecule has 3 aromatic heterocycles. The first-order valence-corrected chi connectivity index (χ1v) is 16.9. The fourth-order valence-electron chi connectivity index (χ4n) is 6.87. The number of piperidine rings is 1. The van der Waals surface area contributed by atoms with Crippen LogP contribution in [0.2, 0.25) is 0 Å². The van der Waals surface area contributed by atoms with Crippen LogP contribution in [0.1, 0.15) is 65.1 Å². The molecule has 0 unspecified atom stereocenters. The summed E-state index contributed by atoms with van der Waals surface area (Å²) in [6.45, 7) is 1.98. The maximum Gasteiger partial charge on any atom is 0.295 e. The highest BCUT2D eigenvalue weighted by atomic mass is 16.5. The SMILES string of the molecule is C#CCCCCN1C[C@@H](NC(=O)c2ncn(-c3ncc(OC)c4c(C(=O)C(=O)N5CCC(=C(C#N)c6ccccc6)CC5)c[nH]c34)n2)C[C@H]1CO. The van der Waals surface area contributed by atoms with Gasteiger partial charge in [0.05, 0.1) is 48.0 Å². The fraction of sp³-hybridized carbons (Fsp3) is 0.378. The summed E-state index contributed by atoms with van der Waals surface area (Å²) in [6, 6.07) is 11.5. The third-order valence-corrected chi connectivity index (χ3v) is 9.50. The number of nitrogens with zero attached hydrogens (tertiary/aromatic N) is 7. The molecule has 2 amide bonds. The highest BCUT2D eigenvalue weighted by molar-refractivity contribution is 6.45. The second-order valence-corrected chi connectivity index (χ2v) is 12.6. The van der Waals surface area contributed by atoms with E-state index in [1.54, 1.807) is 0 Å². The van der Waals surface area contributed by atoms with E-state index in [-0.39, 0.29) is 41.6 Å². The number of allylic oxidation sites excluding steroid dienone is 1. The molecule has 262 valence electrons. The van der Waals surface area contributed by atoms with Crippen molar-refractivity contribution in [2.45, 2.75) is 50.6 Å². The average molecular weight is 690 g/mol. The molecule has 14 heteroatoms. The number of aromatic amines is 1. The minimum absolute atomic E-state index is 0.00595. The lowest BCUT2D eigenvalue weighted by Crippen LogP contribution is -2.40. The molecule has 2 saturated heterocycles. The number of pyridine rings is 1. The first-order chi connectivity index (χ1) is 24.9. The van der Waals surface area contributed by atoms with Gasteiger partial charge in [-0.15, -0.1) is 17.4 Å². The van der Waals surface area contributed by atoms with Gasteiger partial charge < -0.3 is 25.0 Å². The Balaban J connectivity index is 1.15. The quantitative estimate of drug-likeness (QED) is 0.0658. The van der Waals surface area contributed by atoms with Gasteiger partial charge in [-0.3, -0.25) is 19.3 Å². The molecule has 2 aliphatic heterocycles. The van der Waals surface area contributed by atoms with Crippen LogP contribution in [-0.4, -0.2) is 109 Å². The van der Waals surface area contributed by atoms with E-state index in [1.807, 2.05) is 30.3 Å². The molecule has 0 spiro atoms. The lowest BCUT2D eigenvalue weighted by molar-refractivity contribution is -0.126. The van der Waals surface area contributed by atoms with E-state index in [9.17, 15) is 24.8 Å². The van der Waals surface area contributed by atoms with Gasteiger partial charge in [-0.25, -0.2) is 9.97 Å². The number of Topliss-reactive ketones (excluding diaryl/α,β-unsaturated/α-hetero) is 1. The van der Waals surface area contributed by atoms with E-state index in [0.717, 1.165) is 30.5 Å². The number of aliphatic hydroxyl groups is 1. The summed E-state index contributed by atoms with van der Waals surface area (Å²) in [7, 11) is 1.44. The molecule has 1 aromatic carbocycles. The number of unbranched alkanes of at least 4 members (excludes halogenated alkanes) is 2. The molecule has 2 atom stereocenters. The van der Waals surface area contributed by atoms with Crippen LogP contribution < -0.4 is 10.1 Å². The summed E-state index contributed by atoms with van der Waals surface area (Å²) in [4.78, 5) is 55.7. The third kappa shape index (κ3) is 7.38. The van der Waals surface area contributed by atoms with E-state index in [0.29, 0.717) is 61.8 Å². The van der Waals surface area contributed by atoms with Gasteiger partial charge in [0.15, 0.2) is 5.82 Å². The van der Waals surface area contributed by atoms with Crippen LogP contribution in [0.3, 0.4) is 0 Å². The molecule has 14 nitrogen and oxygen atoms in total. The topological polar surface area (TPSA) is 182 Å². The number of nitrogens with one attached hydrogen (secondary N) is 2. The van der Waals surface area contributed by atoms with Gasteiger partial charge in [0, 0.05) is 44.3 Å². The first kappa shape index (κ1) is 35.0. The van der Waals surface area contributed by atoms with Crippen LogP contribution >= 0.6 is 0 Å². The zero-order chi connectivity index (χ0) is 35.9. The Morgan fingerprint density at radius 1 is 1.16 bits per heavy atom. The number of likely N-dealkylation sites (tertiary alicyclic amines) is 2. The van der Waals surface area contributed by atoms with Crippen molar-refractivity contribution in [3.05, 3.63) is 71.6 Å². The van der Waals surface area contributed by atoms with Crippen molar-refractivity contribution in [3.8, 4) is 30.0 Å². The van der Waals surface area contributed by atoms with Gasteiger partial charge in [0.25, 0.3) is 17.6 Å². The predicted octanol–water partition coefficient (Wildman–Crippen LogP) is 2.90. The first-order valence-electron chi connectivity index (χ1n) is 16.9. The molecule has 0 saturated carbocycles. The van der Waals surface area contributed by atoms with Crippen molar-refractivity contribution in [1.29, 1.82) is 5.26 Å². The predicted molar refractivity (Wildman–Crippen MR) is 188 cm³/mol. The Kier molecular flexibility index (Phi) is 10.8. The third-order valence-electron chi connectivity index (χ3n) is 9.50. The van der Waals surface area contributed by atoms with Gasteiger partial charge >= 0.3 is 0 Å². The number of aromatic nitrogens is 5. The van der Waals surface area contributed by atoms with Crippen molar-refractivity contribution in [2.75, 3.05) is 39.9 Å². The molecule has 0 bridgehead atoms. The summed E-state index contributed by atoms with van der Waals surface area (Å²) in [5, 5.41) is 27.4. The number of ketones is 1. The number of terminal acetylenes is 1. The number of carbonyl (C=O) groups is 3. The molecular formula is C37H39N9O5. The second-order valence-electron chi connectivity index (χ2n) is 12.6. The maximum absolute atomic E-state index is 13.7. The van der Waals surface area contributed by atoms with Crippen LogP contribution in [-0.2, 0) is 4.79 Å². The normalized spacial score (nSPS) is 17.6. The molecule has 5 heterocycles. The number of fused-ring (bicyclic) bond motifs is 1. The monoisotopic (exact) mass is 689 g/mol. The Morgan fingerprint density at radius 2 is 1.94 bits per heavy atom. The lowest BCUT2D eigenvalue weighted by atomic mass is 9.93. The number of hydrogen-bond acceptors (Lipinski definition) is 10. The molecule has 51 heavy (non-hydrogen) atoms. The van der Waals surface area contributed by atoms with Crippen molar-refractivity contribution in [2.24, 2.45) is 0 Å². The summed E-state index contributed by atoms with van der Waals surface area (Å²) < 4.78 is 6.86. The highest BCUT2D eigenvalue weighted by Crippen LogP contribution is 2.33. The zero-order valence-electron chi connectivity index (χ0n) is 28.3. The number of methoxy groups -OCH3 is 1. The molecule has 3 N–H and O–H groups in total. The molecule has 4 aromatic rings. The van der Waals surface area contributed by atoms with Crippen LogP contribution in [0.25, 0.3) is 22.3 Å². The van der Waals surface area contributed by atoms with Crippen molar-refractivity contribution >= 4 is 34.1 Å². The smallest absolute Gasteiger partial charge is 0.295 e. The molecule has 2 aliphatic rings. The van der Waals surface area contributed by atoms with Crippen LogP contribution in [0.15, 0.2) is 54.6 Å². The van der Waals surface area contributed by atoms with E-state index in [1.165, 1.54) is 35.4 Å². The van der Waals surface area contributed by atoms with Crippen molar-refractivity contribution in [3.63, 3.8) is 0 Å². The van der Waals surface area contributed by atoms with Gasteiger partial charge in [-0.1, -0.05) is 30.3 Å². The number of amides is 2. The molecule has 6 rings (SSSR count). The number of ether oxygens (including phenoxy) is 1. The Labute approximate surface area is 295 Å². The van der Waals surface area contributed by atoms with Gasteiger partial charge in [-0.2, -0.15) is 9.94 Å². The molecular weight excluding hydrogens is 650 g/mol. The Hall–Kier alpha value is -5.83. The minimum Gasteiger partial charge on any atom is -0.494 e. The molecule has 0 aliphatic carbocycles. The number of H-pyrrole nitrogens is 1. The van der Waals surface area contributed by atoms with E-state index in [2.05, 4.69) is 42.3 Å². The van der Waals surface area contributed by atoms with Gasteiger partial charge in [0.1, 0.15) is 12.1 Å². The largest absolute Gasteiger partial charge is 0.494 e. The van der Waals surface area contributed by atoms with Crippen molar-refractivity contribution < 1.29 is 24.2 Å². The standard InChI is InChI=1S/C37H39N9O5/c1-3-4-5-9-14-45-21-26(17-27(45)22-47)42-36(49)34-41-23-46(43-34)35-32-31(30(51-2)20-40-35)29(19-39-32)33(48)37(50)44-15-12-25(13-16-44)28(18-38)24-10-7-6-8-11-24/h1,6-8,10-11,19-20,23,26-27,39,47H,4-5,9,12-17,21-22H2,2H3,(H,42,49)/t26-,27-/m0/s1. The Morgan fingerprint density at radius 3 is 2.65 bits per heavy atom. The number of hydrogen-bond donors (Lipinski definition) is 3. The van der Waals surface area contributed by atoms with Crippen molar-refractivity contribution in [1.82, 2.24) is 39.8 Å². The minimum atomic E-state index is -0.714. The summed E-state index contributed by atoms with van der Waals surface area (Å²) in [5.41, 5.74) is 2.88. The summed E-state index contributed by atoms with van der Waals surface area (Å²) >= 11 is 0. The number of aliphatic hydroxyl groups excluding tert-OH is 1. The fourth-order valence-corrected chi connectivity index (χ4v) is 6.87.